The zero-order valence-corrected chi connectivity index (χ0v) is 9.95. The van der Waals surface area contributed by atoms with Gasteiger partial charge in [-0.3, -0.25) is 4.79 Å². The fraction of sp³-hybridized carbons (Fsp3) is 0.917. The topological polar surface area (TPSA) is 49.8 Å². The molecule has 1 saturated carbocycles. The number of nitrogens with zero attached hydrogens (tertiary/aromatic N) is 1. The quantitative estimate of drug-likeness (QED) is 0.763. The maximum Gasteiger partial charge on any atom is 0.249 e. The number of carbonyl (C=O) groups excluding carboxylic acids is 1. The summed E-state index contributed by atoms with van der Waals surface area (Å²) in [7, 11) is 0. The van der Waals surface area contributed by atoms with Gasteiger partial charge in [0.25, 0.3) is 0 Å². The fourth-order valence-electron chi connectivity index (χ4n) is 2.90. The summed E-state index contributed by atoms with van der Waals surface area (Å²) in [4.78, 5) is 13.9. The lowest BCUT2D eigenvalue weighted by atomic mass is 9.89. The van der Waals surface area contributed by atoms with E-state index in [0.29, 0.717) is 12.6 Å². The van der Waals surface area contributed by atoms with Gasteiger partial charge in [0.2, 0.25) is 5.91 Å². The predicted octanol–water partition coefficient (Wildman–Crippen LogP) is 0.929. The lowest BCUT2D eigenvalue weighted by molar-refractivity contribution is -0.167. The van der Waals surface area contributed by atoms with Crippen molar-refractivity contribution in [1.82, 2.24) is 4.90 Å². The van der Waals surface area contributed by atoms with Gasteiger partial charge in [-0.05, 0) is 19.8 Å². The molecule has 1 saturated heterocycles. The van der Waals surface area contributed by atoms with Crippen molar-refractivity contribution < 1.29 is 14.6 Å². The molecule has 0 aromatic heterocycles. The first-order valence-corrected chi connectivity index (χ1v) is 6.18. The van der Waals surface area contributed by atoms with Crippen LogP contribution >= 0.6 is 0 Å². The molecular formula is C12H21NO3. The van der Waals surface area contributed by atoms with Crippen LogP contribution in [0, 0.1) is 0 Å². The molecule has 0 spiro atoms. The molecule has 0 bridgehead atoms. The Bertz CT molecular complexity index is 263. The average molecular weight is 227 g/mol. The number of rotatable bonds is 2. The first-order chi connectivity index (χ1) is 7.67. The standard InChI is InChI=1S/C12H21NO3/c1-12(8-14)9-16-7-11(15)13(12)10-5-3-2-4-6-10/h10,14H,2-9H2,1H3. The average Bonchev–Trinajstić information content (AvgIpc) is 2.30. The van der Waals surface area contributed by atoms with Crippen molar-refractivity contribution in [3.63, 3.8) is 0 Å². The van der Waals surface area contributed by atoms with E-state index in [0.717, 1.165) is 12.8 Å². The Hall–Kier alpha value is -0.610. The molecule has 2 fully saturated rings. The molecule has 92 valence electrons. The van der Waals surface area contributed by atoms with Crippen molar-refractivity contribution in [3.8, 4) is 0 Å². The van der Waals surface area contributed by atoms with Gasteiger partial charge in [0.15, 0.2) is 0 Å². The second-order valence-electron chi connectivity index (χ2n) is 5.20. The number of carbonyl (C=O) groups is 1. The summed E-state index contributed by atoms with van der Waals surface area (Å²) in [6.45, 7) is 2.52. The Morgan fingerprint density at radius 1 is 1.44 bits per heavy atom. The molecule has 2 aliphatic rings. The monoisotopic (exact) mass is 227 g/mol. The third kappa shape index (κ3) is 2.09. The largest absolute Gasteiger partial charge is 0.394 e. The van der Waals surface area contributed by atoms with Crippen molar-refractivity contribution >= 4 is 5.91 Å². The lowest BCUT2D eigenvalue weighted by Gasteiger charge is -2.48. The summed E-state index contributed by atoms with van der Waals surface area (Å²) in [5, 5.41) is 9.50. The first kappa shape index (κ1) is 11.9. The second-order valence-corrected chi connectivity index (χ2v) is 5.20. The molecule has 1 aliphatic heterocycles. The minimum Gasteiger partial charge on any atom is -0.394 e. The van der Waals surface area contributed by atoms with E-state index in [9.17, 15) is 9.90 Å². The molecule has 1 N–H and O–H groups in total. The van der Waals surface area contributed by atoms with Crippen LogP contribution in [0.25, 0.3) is 0 Å². The van der Waals surface area contributed by atoms with Crippen LogP contribution in [0.5, 0.6) is 0 Å². The van der Waals surface area contributed by atoms with Gasteiger partial charge < -0.3 is 14.7 Å². The Balaban J connectivity index is 2.15. The van der Waals surface area contributed by atoms with Gasteiger partial charge in [0, 0.05) is 6.04 Å². The van der Waals surface area contributed by atoms with Crippen molar-refractivity contribution in [2.24, 2.45) is 0 Å². The molecule has 0 radical (unpaired) electrons. The molecule has 4 heteroatoms. The number of amides is 1. The Kier molecular flexibility index (Phi) is 3.50. The first-order valence-electron chi connectivity index (χ1n) is 6.18. The molecule has 1 atom stereocenters. The molecule has 0 aromatic carbocycles. The minimum atomic E-state index is -0.517. The van der Waals surface area contributed by atoms with E-state index in [-0.39, 0.29) is 19.1 Å². The van der Waals surface area contributed by atoms with Crippen molar-refractivity contribution in [3.05, 3.63) is 0 Å². The Morgan fingerprint density at radius 2 is 2.12 bits per heavy atom. The number of hydrogen-bond donors (Lipinski definition) is 1. The second kappa shape index (κ2) is 4.72. The molecule has 2 rings (SSSR count). The van der Waals surface area contributed by atoms with Crippen molar-refractivity contribution in [2.75, 3.05) is 19.8 Å². The molecule has 1 heterocycles. The van der Waals surface area contributed by atoms with Gasteiger partial charge in [0.1, 0.15) is 6.61 Å². The van der Waals surface area contributed by atoms with E-state index in [1.807, 2.05) is 11.8 Å². The summed E-state index contributed by atoms with van der Waals surface area (Å²) in [6, 6.07) is 0.308. The third-order valence-electron chi connectivity index (χ3n) is 3.77. The lowest BCUT2D eigenvalue weighted by Crippen LogP contribution is -2.63. The number of ether oxygens (including phenoxy) is 1. The van der Waals surface area contributed by atoms with Crippen LogP contribution in [0.4, 0.5) is 0 Å². The predicted molar refractivity (Wildman–Crippen MR) is 60.0 cm³/mol. The van der Waals surface area contributed by atoms with Gasteiger partial charge in [-0.25, -0.2) is 0 Å². The maximum atomic E-state index is 12.0. The molecule has 1 amide bonds. The van der Waals surface area contributed by atoms with Gasteiger partial charge >= 0.3 is 0 Å². The van der Waals surface area contributed by atoms with Crippen LogP contribution < -0.4 is 0 Å². The van der Waals surface area contributed by atoms with Gasteiger partial charge in [-0.2, -0.15) is 0 Å². The van der Waals surface area contributed by atoms with Gasteiger partial charge in [0.05, 0.1) is 18.8 Å². The summed E-state index contributed by atoms with van der Waals surface area (Å²) in [5.41, 5.74) is -0.517. The normalized spacial score (nSPS) is 33.1. The zero-order chi connectivity index (χ0) is 11.6. The van der Waals surface area contributed by atoms with E-state index in [1.54, 1.807) is 0 Å². The zero-order valence-electron chi connectivity index (χ0n) is 9.95. The highest BCUT2D eigenvalue weighted by Gasteiger charge is 2.42. The van der Waals surface area contributed by atoms with E-state index >= 15 is 0 Å². The minimum absolute atomic E-state index is 0.0186. The van der Waals surface area contributed by atoms with E-state index in [1.165, 1.54) is 19.3 Å². The maximum absolute atomic E-state index is 12.0. The summed E-state index contributed by atoms with van der Waals surface area (Å²) in [6.07, 6.45) is 5.79. The van der Waals surface area contributed by atoms with E-state index in [2.05, 4.69) is 0 Å². The smallest absolute Gasteiger partial charge is 0.249 e. The molecule has 0 aromatic rings. The van der Waals surface area contributed by atoms with Crippen LogP contribution in [0.15, 0.2) is 0 Å². The molecule has 4 nitrogen and oxygen atoms in total. The summed E-state index contributed by atoms with van der Waals surface area (Å²) >= 11 is 0. The fourth-order valence-corrected chi connectivity index (χ4v) is 2.90. The highest BCUT2D eigenvalue weighted by molar-refractivity contribution is 5.79. The molecule has 16 heavy (non-hydrogen) atoms. The van der Waals surface area contributed by atoms with Crippen LogP contribution in [0.1, 0.15) is 39.0 Å². The van der Waals surface area contributed by atoms with Gasteiger partial charge in [-0.1, -0.05) is 19.3 Å². The molecule has 1 aliphatic carbocycles. The summed E-state index contributed by atoms with van der Waals surface area (Å²) in [5.74, 6) is 0.0368. The van der Waals surface area contributed by atoms with Crippen LogP contribution in [-0.2, 0) is 9.53 Å². The number of aliphatic hydroxyl groups is 1. The summed E-state index contributed by atoms with van der Waals surface area (Å²) < 4.78 is 5.26. The van der Waals surface area contributed by atoms with Crippen LogP contribution in [0.3, 0.4) is 0 Å². The Labute approximate surface area is 96.6 Å². The van der Waals surface area contributed by atoms with Crippen molar-refractivity contribution in [2.45, 2.75) is 50.6 Å². The molecular weight excluding hydrogens is 206 g/mol. The highest BCUT2D eigenvalue weighted by atomic mass is 16.5. The number of morpholine rings is 1. The third-order valence-corrected chi connectivity index (χ3v) is 3.77. The SMILES string of the molecule is CC1(CO)COCC(=O)N1C1CCCCC1. The highest BCUT2D eigenvalue weighted by Crippen LogP contribution is 2.30. The molecule has 1 unspecified atom stereocenters. The van der Waals surface area contributed by atoms with Crippen LogP contribution in [-0.4, -0.2) is 47.3 Å². The number of hydrogen-bond acceptors (Lipinski definition) is 3. The van der Waals surface area contributed by atoms with Crippen molar-refractivity contribution in [1.29, 1.82) is 0 Å². The van der Waals surface area contributed by atoms with Crippen LogP contribution in [0.2, 0.25) is 0 Å². The van der Waals surface area contributed by atoms with E-state index in [4.69, 9.17) is 4.74 Å². The number of aliphatic hydroxyl groups excluding tert-OH is 1. The van der Waals surface area contributed by atoms with E-state index < -0.39 is 5.54 Å². The van der Waals surface area contributed by atoms with Gasteiger partial charge in [-0.15, -0.1) is 0 Å². The Morgan fingerprint density at radius 3 is 2.75 bits per heavy atom.